The van der Waals surface area contributed by atoms with E-state index in [0.29, 0.717) is 25.6 Å². The molecule has 1 rings (SSSR count). The van der Waals surface area contributed by atoms with Crippen molar-refractivity contribution in [3.63, 3.8) is 0 Å². The molecule has 0 aliphatic rings. The molecule has 1 aromatic heterocycles. The number of guanidine groups is 1. The first-order valence-corrected chi connectivity index (χ1v) is 8.52. The fourth-order valence-electron chi connectivity index (χ4n) is 1.55. The van der Waals surface area contributed by atoms with Crippen LogP contribution < -0.4 is 16.0 Å². The number of halogens is 3. The summed E-state index contributed by atoms with van der Waals surface area (Å²) in [5.41, 5.74) is -0.963. The molecule has 1 heterocycles. The van der Waals surface area contributed by atoms with Crippen molar-refractivity contribution in [3.8, 4) is 0 Å². The van der Waals surface area contributed by atoms with Crippen molar-refractivity contribution in [2.24, 2.45) is 4.99 Å². The lowest BCUT2D eigenvalue weighted by molar-refractivity contribution is -0.141. The molecular formula is C13H21F3N6S. The summed E-state index contributed by atoms with van der Waals surface area (Å²) in [6.45, 7) is 4.23. The minimum Gasteiger partial charge on any atom is -0.357 e. The third-order valence-electron chi connectivity index (χ3n) is 2.56. The zero-order valence-corrected chi connectivity index (χ0v) is 13.9. The highest BCUT2D eigenvalue weighted by Crippen LogP contribution is 2.27. The highest BCUT2D eigenvalue weighted by molar-refractivity contribution is 7.98. The number of rotatable bonds is 8. The summed E-state index contributed by atoms with van der Waals surface area (Å²) in [6.07, 6.45) is -1.38. The van der Waals surface area contributed by atoms with E-state index in [9.17, 15) is 13.2 Å². The van der Waals surface area contributed by atoms with Gasteiger partial charge in [-0.05, 0) is 19.2 Å². The smallest absolute Gasteiger partial charge is 0.357 e. The Labute approximate surface area is 137 Å². The number of alkyl halides is 3. The first-order valence-electron chi connectivity index (χ1n) is 7.12. The van der Waals surface area contributed by atoms with Gasteiger partial charge in [-0.25, -0.2) is 9.97 Å². The van der Waals surface area contributed by atoms with Gasteiger partial charge >= 0.3 is 6.18 Å². The van der Waals surface area contributed by atoms with Gasteiger partial charge in [-0.1, -0.05) is 0 Å². The monoisotopic (exact) mass is 350 g/mol. The molecule has 1 aromatic rings. The van der Waals surface area contributed by atoms with E-state index in [1.54, 1.807) is 11.8 Å². The Morgan fingerprint density at radius 3 is 2.74 bits per heavy atom. The highest BCUT2D eigenvalue weighted by Gasteiger charge is 2.32. The predicted octanol–water partition coefficient (Wildman–Crippen LogP) is 1.83. The second-order valence-corrected chi connectivity index (χ2v) is 5.36. The maximum atomic E-state index is 12.5. The Morgan fingerprint density at radius 1 is 1.30 bits per heavy atom. The van der Waals surface area contributed by atoms with E-state index in [1.807, 2.05) is 13.2 Å². The highest BCUT2D eigenvalue weighted by atomic mass is 32.2. The van der Waals surface area contributed by atoms with Crippen LogP contribution in [-0.4, -0.2) is 54.1 Å². The third kappa shape index (κ3) is 7.91. The maximum Gasteiger partial charge on any atom is 0.433 e. The van der Waals surface area contributed by atoms with Crippen molar-refractivity contribution in [1.82, 2.24) is 20.6 Å². The average Bonchev–Trinajstić information content (AvgIpc) is 2.51. The van der Waals surface area contributed by atoms with Gasteiger partial charge in [0.15, 0.2) is 5.96 Å². The van der Waals surface area contributed by atoms with Gasteiger partial charge in [0.2, 0.25) is 5.95 Å². The number of aromatic nitrogens is 2. The molecule has 6 nitrogen and oxygen atoms in total. The van der Waals surface area contributed by atoms with Crippen LogP contribution in [0.2, 0.25) is 0 Å². The molecule has 0 aromatic carbocycles. The van der Waals surface area contributed by atoms with Crippen LogP contribution in [0.1, 0.15) is 12.6 Å². The number of anilines is 1. The molecule has 0 atom stereocenters. The van der Waals surface area contributed by atoms with Gasteiger partial charge in [-0.2, -0.15) is 24.9 Å². The minimum atomic E-state index is -4.47. The molecule has 0 amide bonds. The van der Waals surface area contributed by atoms with Crippen LogP contribution in [0.25, 0.3) is 0 Å². The molecule has 0 saturated heterocycles. The summed E-state index contributed by atoms with van der Waals surface area (Å²) < 4.78 is 37.6. The summed E-state index contributed by atoms with van der Waals surface area (Å²) in [6, 6.07) is 0.838. The molecule has 0 fully saturated rings. The normalized spacial score (nSPS) is 12.1. The Kier molecular flexibility index (Phi) is 8.52. The van der Waals surface area contributed by atoms with Gasteiger partial charge in [-0.3, -0.25) is 4.99 Å². The fourth-order valence-corrected chi connectivity index (χ4v) is 1.82. The SMILES string of the molecule is CCNC(=NCCSC)NCCNc1nccc(C(F)(F)F)n1. The Bertz CT molecular complexity index is 495. The number of hydrogen-bond acceptors (Lipinski definition) is 5. The molecule has 10 heteroatoms. The van der Waals surface area contributed by atoms with Crippen LogP contribution in [0.4, 0.5) is 19.1 Å². The van der Waals surface area contributed by atoms with Crippen LogP contribution in [0.15, 0.2) is 17.3 Å². The van der Waals surface area contributed by atoms with E-state index >= 15 is 0 Å². The van der Waals surface area contributed by atoms with Gasteiger partial charge in [0.05, 0.1) is 6.54 Å². The topological polar surface area (TPSA) is 74.2 Å². The Balaban J connectivity index is 2.42. The molecule has 0 aliphatic carbocycles. The lowest BCUT2D eigenvalue weighted by Crippen LogP contribution is -2.39. The molecule has 0 radical (unpaired) electrons. The zero-order chi connectivity index (χ0) is 17.1. The molecule has 130 valence electrons. The Morgan fingerprint density at radius 2 is 2.09 bits per heavy atom. The largest absolute Gasteiger partial charge is 0.433 e. The van der Waals surface area contributed by atoms with Crippen molar-refractivity contribution in [2.75, 3.05) is 43.5 Å². The molecule has 0 spiro atoms. The van der Waals surface area contributed by atoms with Crippen LogP contribution >= 0.6 is 11.8 Å². The van der Waals surface area contributed by atoms with E-state index < -0.39 is 11.9 Å². The standard InChI is InChI=1S/C13H21F3N6S/c1-3-17-11(21-8-9-23-2)19-6-7-20-12-18-5-4-10(22-12)13(14,15)16/h4-5H,3,6-9H2,1-2H3,(H2,17,19,21)(H,18,20,22). The maximum absolute atomic E-state index is 12.5. The van der Waals surface area contributed by atoms with Crippen molar-refractivity contribution in [2.45, 2.75) is 13.1 Å². The number of thioether (sulfide) groups is 1. The lowest BCUT2D eigenvalue weighted by Gasteiger charge is -2.12. The van der Waals surface area contributed by atoms with Crippen molar-refractivity contribution in [1.29, 1.82) is 0 Å². The summed E-state index contributed by atoms with van der Waals surface area (Å²) in [7, 11) is 0. The second kappa shape index (κ2) is 10.1. The van der Waals surface area contributed by atoms with Crippen LogP contribution in [-0.2, 0) is 6.18 Å². The summed E-state index contributed by atoms with van der Waals surface area (Å²) in [5, 5.41) is 8.93. The zero-order valence-electron chi connectivity index (χ0n) is 13.1. The van der Waals surface area contributed by atoms with Crippen molar-refractivity contribution >= 4 is 23.7 Å². The predicted molar refractivity (Wildman–Crippen MR) is 87.9 cm³/mol. The average molecular weight is 350 g/mol. The van der Waals surface area contributed by atoms with Gasteiger partial charge in [0.1, 0.15) is 5.69 Å². The molecule has 23 heavy (non-hydrogen) atoms. The minimum absolute atomic E-state index is 0.0500. The summed E-state index contributed by atoms with van der Waals surface area (Å²) >= 11 is 1.71. The summed E-state index contributed by atoms with van der Waals surface area (Å²) in [4.78, 5) is 11.6. The van der Waals surface area contributed by atoms with Crippen LogP contribution in [0.5, 0.6) is 0 Å². The molecule has 0 aliphatic heterocycles. The second-order valence-electron chi connectivity index (χ2n) is 4.37. The van der Waals surface area contributed by atoms with E-state index in [0.717, 1.165) is 24.6 Å². The van der Waals surface area contributed by atoms with Crippen LogP contribution in [0.3, 0.4) is 0 Å². The molecule has 0 saturated carbocycles. The first kappa shape index (κ1) is 19.3. The van der Waals surface area contributed by atoms with E-state index in [2.05, 4.69) is 30.9 Å². The van der Waals surface area contributed by atoms with Crippen LogP contribution in [0, 0.1) is 0 Å². The molecule has 3 N–H and O–H groups in total. The lowest BCUT2D eigenvalue weighted by atomic mass is 10.4. The fraction of sp³-hybridized carbons (Fsp3) is 0.615. The van der Waals surface area contributed by atoms with Crippen molar-refractivity contribution in [3.05, 3.63) is 18.0 Å². The van der Waals surface area contributed by atoms with Crippen molar-refractivity contribution < 1.29 is 13.2 Å². The number of nitrogens with zero attached hydrogens (tertiary/aromatic N) is 3. The number of hydrogen-bond donors (Lipinski definition) is 3. The van der Waals surface area contributed by atoms with Gasteiger partial charge < -0.3 is 16.0 Å². The van der Waals surface area contributed by atoms with E-state index in [1.165, 1.54) is 0 Å². The number of aliphatic imine (C=N–C) groups is 1. The summed E-state index contributed by atoms with van der Waals surface area (Å²) in [5.74, 6) is 1.55. The molecule has 0 unspecified atom stereocenters. The van der Waals surface area contributed by atoms with Gasteiger partial charge in [-0.15, -0.1) is 0 Å². The molecular weight excluding hydrogens is 329 g/mol. The Hall–Kier alpha value is -1.71. The van der Waals surface area contributed by atoms with Gasteiger partial charge in [0, 0.05) is 31.6 Å². The number of nitrogens with one attached hydrogen (secondary N) is 3. The first-order chi connectivity index (χ1) is 11.0. The molecule has 0 bridgehead atoms. The van der Waals surface area contributed by atoms with E-state index in [-0.39, 0.29) is 5.95 Å². The van der Waals surface area contributed by atoms with Gasteiger partial charge in [0.25, 0.3) is 0 Å². The quantitative estimate of drug-likeness (QED) is 0.377. The van der Waals surface area contributed by atoms with E-state index in [4.69, 9.17) is 0 Å². The third-order valence-corrected chi connectivity index (χ3v) is 3.15.